The van der Waals surface area contributed by atoms with E-state index in [4.69, 9.17) is 19.2 Å². The Morgan fingerprint density at radius 1 is 0.848 bits per heavy atom. The summed E-state index contributed by atoms with van der Waals surface area (Å²) in [6.45, 7) is 6.62. The molecule has 1 N–H and O–H groups in total. The van der Waals surface area contributed by atoms with Gasteiger partial charge in [-0.2, -0.15) is 0 Å². The van der Waals surface area contributed by atoms with Crippen LogP contribution in [0.5, 0.6) is 11.5 Å². The second-order valence-corrected chi connectivity index (χ2v) is 8.37. The standard InChI is InChI=1S/C26H26N4O3/c1-18-8-9-30-24(16-18)28-25(19-2-5-21(6-3-19)29-10-12-31-13-11-29)26(30)27-20-4-7-22-23(17-20)33-15-14-32-22/h2-9,16-17,27H,10-15H2,1H3. The van der Waals surface area contributed by atoms with Crippen molar-refractivity contribution in [2.45, 2.75) is 6.92 Å². The highest BCUT2D eigenvalue weighted by molar-refractivity contribution is 5.81. The van der Waals surface area contributed by atoms with Gasteiger partial charge in [-0.1, -0.05) is 12.1 Å². The molecule has 33 heavy (non-hydrogen) atoms. The maximum absolute atomic E-state index is 5.77. The Balaban J connectivity index is 1.38. The zero-order chi connectivity index (χ0) is 22.2. The molecule has 0 unspecified atom stereocenters. The normalized spacial score (nSPS) is 15.6. The highest BCUT2D eigenvalue weighted by Gasteiger charge is 2.18. The van der Waals surface area contributed by atoms with Crippen molar-refractivity contribution in [3.05, 3.63) is 66.4 Å². The monoisotopic (exact) mass is 442 g/mol. The topological polar surface area (TPSA) is 60.3 Å². The average Bonchev–Trinajstić information content (AvgIpc) is 3.21. The van der Waals surface area contributed by atoms with Gasteiger partial charge in [0.15, 0.2) is 11.5 Å². The first-order valence-corrected chi connectivity index (χ1v) is 11.3. The second-order valence-electron chi connectivity index (χ2n) is 8.37. The first kappa shape index (κ1) is 19.9. The Bertz CT molecular complexity index is 1290. The third-order valence-electron chi connectivity index (χ3n) is 6.10. The molecular formula is C26H26N4O3. The fourth-order valence-electron chi connectivity index (χ4n) is 4.38. The molecule has 7 heteroatoms. The summed E-state index contributed by atoms with van der Waals surface area (Å²) in [4.78, 5) is 7.34. The Morgan fingerprint density at radius 3 is 2.45 bits per heavy atom. The van der Waals surface area contributed by atoms with Gasteiger partial charge in [-0.15, -0.1) is 0 Å². The van der Waals surface area contributed by atoms with Crippen LogP contribution >= 0.6 is 0 Å². The van der Waals surface area contributed by atoms with Crippen molar-refractivity contribution >= 4 is 22.8 Å². The van der Waals surface area contributed by atoms with Gasteiger partial charge in [-0.3, -0.25) is 4.40 Å². The SMILES string of the molecule is Cc1ccn2c(Nc3ccc4c(c3)OCCO4)c(-c3ccc(N4CCOCC4)cc3)nc2c1. The van der Waals surface area contributed by atoms with E-state index < -0.39 is 0 Å². The van der Waals surface area contributed by atoms with Gasteiger partial charge in [-0.05, 0) is 48.9 Å². The third-order valence-corrected chi connectivity index (χ3v) is 6.10. The number of aryl methyl sites for hydroxylation is 1. The number of anilines is 3. The number of pyridine rings is 1. The number of nitrogens with one attached hydrogen (secondary N) is 1. The minimum Gasteiger partial charge on any atom is -0.486 e. The number of rotatable bonds is 4. The van der Waals surface area contributed by atoms with Gasteiger partial charge < -0.3 is 24.4 Å². The largest absolute Gasteiger partial charge is 0.486 e. The lowest BCUT2D eigenvalue weighted by molar-refractivity contribution is 0.122. The van der Waals surface area contributed by atoms with Crippen LogP contribution in [-0.4, -0.2) is 48.9 Å². The van der Waals surface area contributed by atoms with Gasteiger partial charge in [-0.25, -0.2) is 4.98 Å². The van der Waals surface area contributed by atoms with E-state index >= 15 is 0 Å². The number of ether oxygens (including phenoxy) is 3. The van der Waals surface area contributed by atoms with E-state index in [2.05, 4.69) is 64.1 Å². The molecule has 0 amide bonds. The quantitative estimate of drug-likeness (QED) is 0.496. The third kappa shape index (κ3) is 3.85. The van der Waals surface area contributed by atoms with Crippen molar-refractivity contribution in [3.63, 3.8) is 0 Å². The number of fused-ring (bicyclic) bond motifs is 2. The molecule has 1 fully saturated rings. The van der Waals surface area contributed by atoms with Crippen LogP contribution < -0.4 is 19.7 Å². The van der Waals surface area contributed by atoms with Gasteiger partial charge in [0.25, 0.3) is 0 Å². The van der Waals surface area contributed by atoms with Crippen LogP contribution in [0.25, 0.3) is 16.9 Å². The molecular weight excluding hydrogens is 416 g/mol. The molecule has 2 aromatic carbocycles. The molecule has 2 aliphatic rings. The lowest BCUT2D eigenvalue weighted by Crippen LogP contribution is -2.36. The van der Waals surface area contributed by atoms with E-state index in [1.54, 1.807) is 0 Å². The Kier molecular flexibility index (Phi) is 5.03. The molecule has 1 saturated heterocycles. The molecule has 4 aromatic rings. The zero-order valence-electron chi connectivity index (χ0n) is 18.6. The molecule has 0 aliphatic carbocycles. The minimum absolute atomic E-state index is 0.562. The fourth-order valence-corrected chi connectivity index (χ4v) is 4.38. The molecule has 4 heterocycles. The number of hydrogen-bond donors (Lipinski definition) is 1. The van der Waals surface area contributed by atoms with Crippen LogP contribution in [0.3, 0.4) is 0 Å². The second kappa shape index (κ2) is 8.33. The first-order chi connectivity index (χ1) is 16.2. The minimum atomic E-state index is 0.562. The molecule has 0 bridgehead atoms. The van der Waals surface area contributed by atoms with Crippen molar-refractivity contribution in [1.82, 2.24) is 9.38 Å². The maximum Gasteiger partial charge on any atom is 0.163 e. The number of imidazole rings is 1. The number of aromatic nitrogens is 2. The summed E-state index contributed by atoms with van der Waals surface area (Å²) < 4.78 is 19.0. The van der Waals surface area contributed by atoms with Gasteiger partial charge in [0.1, 0.15) is 30.4 Å². The van der Waals surface area contributed by atoms with Gasteiger partial charge in [0.2, 0.25) is 0 Å². The molecule has 0 saturated carbocycles. The maximum atomic E-state index is 5.77. The summed E-state index contributed by atoms with van der Waals surface area (Å²) >= 11 is 0. The molecule has 168 valence electrons. The Hall–Kier alpha value is -3.71. The van der Waals surface area contributed by atoms with Crippen molar-refractivity contribution in [1.29, 1.82) is 0 Å². The number of morpholine rings is 1. The zero-order valence-corrected chi connectivity index (χ0v) is 18.6. The first-order valence-electron chi connectivity index (χ1n) is 11.3. The molecule has 6 rings (SSSR count). The molecule has 0 atom stereocenters. The Labute approximate surface area is 192 Å². The molecule has 2 aliphatic heterocycles. The molecule has 2 aromatic heterocycles. The predicted molar refractivity (Wildman–Crippen MR) is 129 cm³/mol. The van der Waals surface area contributed by atoms with E-state index in [9.17, 15) is 0 Å². The molecule has 0 radical (unpaired) electrons. The summed E-state index contributed by atoms with van der Waals surface area (Å²) in [5.41, 5.74) is 6.18. The highest BCUT2D eigenvalue weighted by Crippen LogP contribution is 2.36. The van der Waals surface area contributed by atoms with E-state index in [0.29, 0.717) is 13.2 Å². The highest BCUT2D eigenvalue weighted by atomic mass is 16.6. The van der Waals surface area contributed by atoms with Crippen LogP contribution in [-0.2, 0) is 4.74 Å². The van der Waals surface area contributed by atoms with Gasteiger partial charge in [0, 0.05) is 42.3 Å². The summed E-state index contributed by atoms with van der Waals surface area (Å²) in [6.07, 6.45) is 2.06. The van der Waals surface area contributed by atoms with Crippen LogP contribution in [0.1, 0.15) is 5.56 Å². The summed E-state index contributed by atoms with van der Waals surface area (Å²) in [5.74, 6) is 2.45. The Morgan fingerprint density at radius 2 is 1.64 bits per heavy atom. The van der Waals surface area contributed by atoms with Crippen molar-refractivity contribution < 1.29 is 14.2 Å². The van der Waals surface area contributed by atoms with E-state index in [1.165, 1.54) is 11.3 Å². The number of benzene rings is 2. The number of nitrogens with zero attached hydrogens (tertiary/aromatic N) is 3. The van der Waals surface area contributed by atoms with E-state index in [1.807, 2.05) is 18.2 Å². The van der Waals surface area contributed by atoms with Crippen molar-refractivity contribution in [2.75, 3.05) is 49.7 Å². The molecule has 0 spiro atoms. The lowest BCUT2D eigenvalue weighted by Gasteiger charge is -2.28. The average molecular weight is 443 g/mol. The smallest absolute Gasteiger partial charge is 0.163 e. The van der Waals surface area contributed by atoms with E-state index in [0.717, 1.165) is 66.2 Å². The number of hydrogen-bond acceptors (Lipinski definition) is 6. The van der Waals surface area contributed by atoms with Gasteiger partial charge >= 0.3 is 0 Å². The summed E-state index contributed by atoms with van der Waals surface area (Å²) in [6, 6.07) is 18.8. The van der Waals surface area contributed by atoms with Gasteiger partial charge in [0.05, 0.1) is 13.2 Å². The summed E-state index contributed by atoms with van der Waals surface area (Å²) in [7, 11) is 0. The van der Waals surface area contributed by atoms with Crippen molar-refractivity contribution in [3.8, 4) is 22.8 Å². The molecule has 7 nitrogen and oxygen atoms in total. The van der Waals surface area contributed by atoms with Crippen LogP contribution in [0.2, 0.25) is 0 Å². The van der Waals surface area contributed by atoms with Crippen LogP contribution in [0.15, 0.2) is 60.8 Å². The van der Waals surface area contributed by atoms with Crippen molar-refractivity contribution in [2.24, 2.45) is 0 Å². The van der Waals surface area contributed by atoms with Crippen LogP contribution in [0.4, 0.5) is 17.2 Å². The lowest BCUT2D eigenvalue weighted by atomic mass is 10.1. The predicted octanol–water partition coefficient (Wildman–Crippen LogP) is 4.66. The fraction of sp³-hybridized carbons (Fsp3) is 0.269. The van der Waals surface area contributed by atoms with E-state index in [-0.39, 0.29) is 0 Å². The van der Waals surface area contributed by atoms with Crippen LogP contribution in [0, 0.1) is 6.92 Å². The summed E-state index contributed by atoms with van der Waals surface area (Å²) in [5, 5.41) is 3.58.